The van der Waals surface area contributed by atoms with Gasteiger partial charge in [0.2, 0.25) is 0 Å². The molecule has 1 aromatic carbocycles. The molecule has 100 valence electrons. The third-order valence-corrected chi connectivity index (χ3v) is 5.07. The van der Waals surface area contributed by atoms with E-state index in [1.54, 1.807) is 6.08 Å². The molecule has 0 saturated heterocycles. The zero-order valence-electron chi connectivity index (χ0n) is 9.71. The lowest BCUT2D eigenvalue weighted by Gasteiger charge is -2.01. The van der Waals surface area contributed by atoms with Gasteiger partial charge >= 0.3 is 0 Å². The summed E-state index contributed by atoms with van der Waals surface area (Å²) in [6, 6.07) is 7.89. The molecule has 1 heterocycles. The molecule has 0 radical (unpaired) electrons. The van der Waals surface area contributed by atoms with Gasteiger partial charge in [0.25, 0.3) is 0 Å². The molecule has 0 aliphatic rings. The summed E-state index contributed by atoms with van der Waals surface area (Å²) in [4.78, 5) is 0.879. The molecule has 19 heavy (non-hydrogen) atoms. The quantitative estimate of drug-likeness (QED) is 0.817. The summed E-state index contributed by atoms with van der Waals surface area (Å²) >= 11 is 4.50. The summed E-state index contributed by atoms with van der Waals surface area (Å²) in [5.41, 5.74) is 0.545. The Morgan fingerprint density at radius 3 is 2.74 bits per heavy atom. The number of rotatable bonds is 4. The molecule has 2 rings (SSSR count). The average molecular weight is 361 g/mol. The molecule has 0 amide bonds. The van der Waals surface area contributed by atoms with Crippen molar-refractivity contribution in [1.82, 2.24) is 0 Å². The molecule has 0 aliphatic heterocycles. The Labute approximate surface area is 123 Å². The molecule has 0 atom stereocenters. The van der Waals surface area contributed by atoms with Crippen LogP contribution in [0.4, 0.5) is 4.39 Å². The summed E-state index contributed by atoms with van der Waals surface area (Å²) in [7, 11) is -3.36. The zero-order valence-corrected chi connectivity index (χ0v) is 12.9. The lowest BCUT2D eigenvalue weighted by molar-refractivity contribution is 0.603. The summed E-state index contributed by atoms with van der Waals surface area (Å²) in [5, 5.41) is 3.07. The van der Waals surface area contributed by atoms with E-state index in [0.29, 0.717) is 5.56 Å². The van der Waals surface area contributed by atoms with Crippen LogP contribution >= 0.6 is 27.3 Å². The van der Waals surface area contributed by atoms with E-state index in [-0.39, 0.29) is 10.2 Å². The highest BCUT2D eigenvalue weighted by Gasteiger charge is 2.09. The van der Waals surface area contributed by atoms with Crippen molar-refractivity contribution < 1.29 is 12.8 Å². The van der Waals surface area contributed by atoms with Crippen LogP contribution < -0.4 is 0 Å². The Balaban J connectivity index is 2.15. The monoisotopic (exact) mass is 360 g/mol. The van der Waals surface area contributed by atoms with E-state index in [9.17, 15) is 12.8 Å². The molecule has 0 spiro atoms. The summed E-state index contributed by atoms with van der Waals surface area (Å²) in [6.07, 6.45) is 1.57. The van der Waals surface area contributed by atoms with Gasteiger partial charge in [0.05, 0.1) is 10.2 Å². The minimum atomic E-state index is -3.36. The second kappa shape index (κ2) is 5.98. The Morgan fingerprint density at radius 1 is 1.32 bits per heavy atom. The number of hydrogen-bond acceptors (Lipinski definition) is 3. The van der Waals surface area contributed by atoms with E-state index >= 15 is 0 Å². The van der Waals surface area contributed by atoms with Crippen molar-refractivity contribution in [2.45, 2.75) is 5.75 Å². The van der Waals surface area contributed by atoms with Gasteiger partial charge in [-0.25, -0.2) is 12.8 Å². The van der Waals surface area contributed by atoms with Gasteiger partial charge in [0.15, 0.2) is 9.84 Å². The fraction of sp³-hybridized carbons (Fsp3) is 0.0769. The van der Waals surface area contributed by atoms with E-state index < -0.39 is 15.7 Å². The van der Waals surface area contributed by atoms with E-state index in [1.807, 2.05) is 17.5 Å². The van der Waals surface area contributed by atoms with Gasteiger partial charge in [-0.1, -0.05) is 12.1 Å². The topological polar surface area (TPSA) is 34.1 Å². The highest BCUT2D eigenvalue weighted by atomic mass is 79.9. The lowest BCUT2D eigenvalue weighted by Crippen LogP contribution is -2.00. The van der Waals surface area contributed by atoms with Gasteiger partial charge in [-0.2, -0.15) is 0 Å². The molecule has 0 saturated carbocycles. The smallest absolute Gasteiger partial charge is 0.175 e. The van der Waals surface area contributed by atoms with Crippen molar-refractivity contribution in [3.63, 3.8) is 0 Å². The van der Waals surface area contributed by atoms with Crippen molar-refractivity contribution in [2.24, 2.45) is 0 Å². The number of sulfone groups is 1. The number of hydrogen-bond donors (Lipinski definition) is 0. The molecule has 0 aliphatic carbocycles. The summed E-state index contributed by atoms with van der Waals surface area (Å²) in [5.74, 6) is -0.552. The predicted octanol–water partition coefficient (Wildman–Crippen LogP) is 4.24. The average Bonchev–Trinajstić information content (AvgIpc) is 2.84. The van der Waals surface area contributed by atoms with Crippen molar-refractivity contribution in [2.75, 3.05) is 0 Å². The van der Waals surface area contributed by atoms with Gasteiger partial charge in [0.1, 0.15) is 5.82 Å². The van der Waals surface area contributed by atoms with Crippen LogP contribution in [0.25, 0.3) is 6.08 Å². The Hall–Kier alpha value is -0.980. The van der Waals surface area contributed by atoms with Crippen LogP contribution in [0, 0.1) is 5.82 Å². The first-order valence-electron chi connectivity index (χ1n) is 5.34. The molecule has 1 aromatic heterocycles. The molecule has 2 nitrogen and oxygen atoms in total. The fourth-order valence-corrected chi connectivity index (χ4v) is 3.69. The van der Waals surface area contributed by atoms with Crippen LogP contribution in [-0.2, 0) is 15.6 Å². The van der Waals surface area contributed by atoms with Gasteiger partial charge in [0, 0.05) is 10.3 Å². The molecular formula is C13H10BrFO2S2. The first-order valence-corrected chi connectivity index (χ1v) is 8.73. The van der Waals surface area contributed by atoms with E-state index in [2.05, 4.69) is 15.9 Å². The summed E-state index contributed by atoms with van der Waals surface area (Å²) in [6.45, 7) is 0. The van der Waals surface area contributed by atoms with Crippen LogP contribution in [0.5, 0.6) is 0 Å². The standard InChI is InChI=1S/C13H10BrFO2S2/c14-12-8-10(3-4-13(12)15)9-19(16,17)7-5-11-2-1-6-18-11/h1-8H,9H2. The first-order chi connectivity index (χ1) is 8.96. The lowest BCUT2D eigenvalue weighted by atomic mass is 10.2. The second-order valence-electron chi connectivity index (χ2n) is 3.87. The Kier molecular flexibility index (Phi) is 4.54. The zero-order chi connectivity index (χ0) is 13.9. The number of benzene rings is 1. The molecular weight excluding hydrogens is 351 g/mol. The molecule has 2 aromatic rings. The highest BCUT2D eigenvalue weighted by molar-refractivity contribution is 9.10. The molecule has 0 bridgehead atoms. The van der Waals surface area contributed by atoms with Crippen LogP contribution in [0.15, 0.2) is 45.6 Å². The minimum absolute atomic E-state index is 0.145. The molecule has 0 N–H and O–H groups in total. The maximum absolute atomic E-state index is 13.1. The number of halogens is 2. The van der Waals surface area contributed by atoms with Crippen molar-refractivity contribution >= 4 is 43.2 Å². The molecule has 0 fully saturated rings. The number of thiophene rings is 1. The predicted molar refractivity (Wildman–Crippen MR) is 80.1 cm³/mol. The first kappa shape index (κ1) is 14.4. The van der Waals surface area contributed by atoms with Crippen LogP contribution in [0.2, 0.25) is 0 Å². The second-order valence-corrected chi connectivity index (χ2v) is 7.59. The van der Waals surface area contributed by atoms with E-state index in [1.165, 1.54) is 34.9 Å². The van der Waals surface area contributed by atoms with Crippen molar-refractivity contribution in [1.29, 1.82) is 0 Å². The molecule has 0 unspecified atom stereocenters. The van der Waals surface area contributed by atoms with Gasteiger partial charge < -0.3 is 0 Å². The maximum Gasteiger partial charge on any atom is 0.175 e. The largest absolute Gasteiger partial charge is 0.224 e. The third kappa shape index (κ3) is 4.26. The normalized spacial score (nSPS) is 12.1. The SMILES string of the molecule is O=S(=O)(C=Cc1cccs1)Cc1ccc(F)c(Br)c1. The van der Waals surface area contributed by atoms with E-state index in [4.69, 9.17) is 0 Å². The Bertz CT molecular complexity index is 691. The third-order valence-electron chi connectivity index (χ3n) is 2.33. The van der Waals surface area contributed by atoms with Crippen LogP contribution in [-0.4, -0.2) is 8.42 Å². The van der Waals surface area contributed by atoms with Gasteiger partial charge in [-0.05, 0) is 51.1 Å². The minimum Gasteiger partial charge on any atom is -0.224 e. The highest BCUT2D eigenvalue weighted by Crippen LogP contribution is 2.19. The van der Waals surface area contributed by atoms with Gasteiger partial charge in [-0.15, -0.1) is 11.3 Å². The van der Waals surface area contributed by atoms with Gasteiger partial charge in [-0.3, -0.25) is 0 Å². The fourth-order valence-electron chi connectivity index (χ4n) is 1.47. The van der Waals surface area contributed by atoms with Crippen molar-refractivity contribution in [3.05, 3.63) is 61.9 Å². The Morgan fingerprint density at radius 2 is 2.11 bits per heavy atom. The van der Waals surface area contributed by atoms with Crippen LogP contribution in [0.1, 0.15) is 10.4 Å². The van der Waals surface area contributed by atoms with Crippen LogP contribution in [0.3, 0.4) is 0 Å². The van der Waals surface area contributed by atoms with E-state index in [0.717, 1.165) is 4.88 Å². The maximum atomic E-state index is 13.1. The molecule has 6 heteroatoms. The summed E-state index contributed by atoms with van der Waals surface area (Å²) < 4.78 is 37.1. The van der Waals surface area contributed by atoms with Crippen molar-refractivity contribution in [3.8, 4) is 0 Å².